The number of amides is 2. The van der Waals surface area contributed by atoms with Crippen molar-refractivity contribution in [1.29, 1.82) is 0 Å². The third-order valence-corrected chi connectivity index (χ3v) is 4.53. The molecule has 0 aliphatic rings. The maximum absolute atomic E-state index is 14.3. The lowest BCUT2D eigenvalue weighted by molar-refractivity contribution is 0.262. The van der Waals surface area contributed by atoms with Gasteiger partial charge < -0.3 is 25.8 Å². The van der Waals surface area contributed by atoms with Crippen LogP contribution < -0.4 is 20.7 Å². The molecule has 3 aromatic carbocycles. The normalized spacial score (nSPS) is 10.7. The van der Waals surface area contributed by atoms with Gasteiger partial charge in [-0.05, 0) is 36.4 Å². The van der Waals surface area contributed by atoms with Gasteiger partial charge in [-0.15, -0.1) is 0 Å². The second-order valence-corrected chi connectivity index (χ2v) is 7.01. The van der Waals surface area contributed by atoms with E-state index in [0.717, 1.165) is 18.2 Å². The van der Waals surface area contributed by atoms with Crippen molar-refractivity contribution in [2.45, 2.75) is 0 Å². The Hall–Kier alpha value is -4.38. The predicted molar refractivity (Wildman–Crippen MR) is 121 cm³/mol. The van der Waals surface area contributed by atoms with Crippen molar-refractivity contribution in [3.8, 4) is 11.5 Å². The van der Waals surface area contributed by atoms with Crippen LogP contribution in [-0.4, -0.2) is 34.3 Å². The Kier molecular flexibility index (Phi) is 6.74. The van der Waals surface area contributed by atoms with Gasteiger partial charge in [-0.1, -0.05) is 0 Å². The van der Waals surface area contributed by atoms with Gasteiger partial charge in [0.2, 0.25) is 0 Å². The Morgan fingerprint density at radius 3 is 2.35 bits per heavy atom. The maximum atomic E-state index is 14.3. The van der Waals surface area contributed by atoms with Gasteiger partial charge in [0.05, 0.1) is 23.8 Å². The monoisotopic (exact) mass is 469 g/mol. The van der Waals surface area contributed by atoms with Gasteiger partial charge in [0.25, 0.3) is 0 Å². The summed E-state index contributed by atoms with van der Waals surface area (Å²) in [6, 6.07) is 10.7. The molecule has 0 aliphatic carbocycles. The summed E-state index contributed by atoms with van der Waals surface area (Å²) in [5, 5.41) is 16.7. The van der Waals surface area contributed by atoms with E-state index < -0.39 is 23.5 Å². The molecule has 4 aromatic rings. The summed E-state index contributed by atoms with van der Waals surface area (Å²) in [6.07, 6.45) is 1.53. The topological polar surface area (TPSA) is 108 Å². The van der Waals surface area contributed by atoms with Gasteiger partial charge >= 0.3 is 6.03 Å². The summed E-state index contributed by atoms with van der Waals surface area (Å²) in [5.74, 6) is -2.23. The number of carbonyl (C=O) groups excluding carboxylic acids is 1. The standard InChI is InChI=1S/C23H18F3N5O3/c24-16-4-1-13(9-18(16)26)29-23(33)30-14-2-5-17(25)21(10-14)34-15-3-6-19-20(11-15)31-22(12-28-19)27-7-8-32/h1-6,9-12,32H,7-8H2,(H,27,31)(H2,29,30,33). The summed E-state index contributed by atoms with van der Waals surface area (Å²) in [5.41, 5.74) is 1.32. The number of aromatic nitrogens is 2. The average molecular weight is 469 g/mol. The second-order valence-electron chi connectivity index (χ2n) is 7.01. The Bertz CT molecular complexity index is 1350. The summed E-state index contributed by atoms with van der Waals surface area (Å²) >= 11 is 0. The van der Waals surface area contributed by atoms with Crippen LogP contribution in [0.5, 0.6) is 11.5 Å². The zero-order chi connectivity index (χ0) is 24.1. The first-order valence-corrected chi connectivity index (χ1v) is 10.0. The summed E-state index contributed by atoms with van der Waals surface area (Å²) in [4.78, 5) is 20.8. The van der Waals surface area contributed by atoms with E-state index in [1.165, 1.54) is 24.4 Å². The number of anilines is 3. The van der Waals surface area contributed by atoms with E-state index in [2.05, 4.69) is 25.9 Å². The molecule has 0 spiro atoms. The van der Waals surface area contributed by atoms with Crippen molar-refractivity contribution in [1.82, 2.24) is 9.97 Å². The molecule has 11 heteroatoms. The number of benzene rings is 3. The van der Waals surface area contributed by atoms with E-state index in [9.17, 15) is 18.0 Å². The highest BCUT2D eigenvalue weighted by Crippen LogP contribution is 2.29. The number of hydrogen-bond donors (Lipinski definition) is 4. The van der Waals surface area contributed by atoms with Gasteiger partial charge in [-0.2, -0.15) is 0 Å². The first kappa shape index (κ1) is 22.8. The van der Waals surface area contributed by atoms with Gasteiger partial charge in [0.15, 0.2) is 23.2 Å². The number of nitrogens with zero attached hydrogens (tertiary/aromatic N) is 2. The Balaban J connectivity index is 1.48. The van der Waals surface area contributed by atoms with Crippen LogP contribution in [0.1, 0.15) is 0 Å². The number of rotatable bonds is 7. The summed E-state index contributed by atoms with van der Waals surface area (Å²) < 4.78 is 46.3. The molecular weight excluding hydrogens is 451 g/mol. The third-order valence-electron chi connectivity index (χ3n) is 4.53. The smallest absolute Gasteiger partial charge is 0.323 e. The van der Waals surface area contributed by atoms with Crippen LogP contribution in [0.4, 0.5) is 35.2 Å². The summed E-state index contributed by atoms with van der Waals surface area (Å²) in [7, 11) is 0. The fourth-order valence-electron chi connectivity index (χ4n) is 2.98. The second kappa shape index (κ2) is 10.0. The van der Waals surface area contributed by atoms with Crippen LogP contribution in [-0.2, 0) is 0 Å². The van der Waals surface area contributed by atoms with Gasteiger partial charge in [-0.3, -0.25) is 4.98 Å². The Labute approximate surface area is 191 Å². The largest absolute Gasteiger partial charge is 0.454 e. The van der Waals surface area contributed by atoms with Gasteiger partial charge in [0.1, 0.15) is 11.6 Å². The van der Waals surface area contributed by atoms with Gasteiger partial charge in [-0.25, -0.2) is 22.9 Å². The van der Waals surface area contributed by atoms with E-state index in [-0.39, 0.29) is 29.5 Å². The number of fused-ring (bicyclic) bond motifs is 1. The number of ether oxygens (including phenoxy) is 1. The molecule has 4 rings (SSSR count). The number of halogens is 3. The molecule has 0 saturated heterocycles. The molecule has 0 atom stereocenters. The summed E-state index contributed by atoms with van der Waals surface area (Å²) in [6.45, 7) is 0.246. The van der Waals surface area contributed by atoms with Gasteiger partial charge in [0, 0.05) is 36.1 Å². The van der Waals surface area contributed by atoms with E-state index >= 15 is 0 Å². The molecule has 0 bridgehead atoms. The first-order chi connectivity index (χ1) is 16.4. The maximum Gasteiger partial charge on any atom is 0.323 e. The zero-order valence-corrected chi connectivity index (χ0v) is 17.5. The van der Waals surface area contributed by atoms with E-state index in [4.69, 9.17) is 9.84 Å². The van der Waals surface area contributed by atoms with E-state index in [1.807, 2.05) is 0 Å². The molecule has 0 aliphatic heterocycles. The number of aliphatic hydroxyl groups excluding tert-OH is 1. The van der Waals surface area contributed by atoms with Crippen LogP contribution in [0.15, 0.2) is 60.8 Å². The minimum atomic E-state index is -1.10. The van der Waals surface area contributed by atoms with Crippen molar-refractivity contribution in [2.75, 3.05) is 29.1 Å². The minimum absolute atomic E-state index is 0.0418. The van der Waals surface area contributed by atoms with Crippen molar-refractivity contribution >= 4 is 34.3 Å². The lowest BCUT2D eigenvalue weighted by Gasteiger charge is -2.11. The van der Waals surface area contributed by atoms with Crippen LogP contribution >= 0.6 is 0 Å². The van der Waals surface area contributed by atoms with Crippen LogP contribution in [0.25, 0.3) is 11.0 Å². The molecule has 0 radical (unpaired) electrons. The molecule has 4 N–H and O–H groups in total. The van der Waals surface area contributed by atoms with E-state index in [0.29, 0.717) is 23.4 Å². The number of aliphatic hydroxyl groups is 1. The van der Waals surface area contributed by atoms with E-state index in [1.54, 1.807) is 18.2 Å². The zero-order valence-electron chi connectivity index (χ0n) is 17.5. The van der Waals surface area contributed by atoms with Crippen molar-refractivity contribution < 1.29 is 27.8 Å². The molecule has 1 heterocycles. The molecule has 8 nitrogen and oxygen atoms in total. The Morgan fingerprint density at radius 2 is 1.62 bits per heavy atom. The highest BCUT2D eigenvalue weighted by Gasteiger charge is 2.11. The fourth-order valence-corrected chi connectivity index (χ4v) is 2.98. The first-order valence-electron chi connectivity index (χ1n) is 10.0. The molecule has 0 unspecified atom stereocenters. The molecule has 174 valence electrons. The fraction of sp³-hybridized carbons (Fsp3) is 0.0870. The number of nitrogens with one attached hydrogen (secondary N) is 3. The van der Waals surface area contributed by atoms with Crippen molar-refractivity contribution in [3.05, 3.63) is 78.2 Å². The predicted octanol–water partition coefficient (Wildman–Crippen LogP) is 4.89. The number of urea groups is 1. The third kappa shape index (κ3) is 5.51. The van der Waals surface area contributed by atoms with Crippen LogP contribution in [0.2, 0.25) is 0 Å². The molecular formula is C23H18F3N5O3. The SMILES string of the molecule is O=C(Nc1ccc(F)c(F)c1)Nc1ccc(F)c(Oc2ccc3ncc(NCCO)nc3c2)c1. The highest BCUT2D eigenvalue weighted by atomic mass is 19.2. The molecule has 1 aromatic heterocycles. The van der Waals surface area contributed by atoms with Crippen molar-refractivity contribution in [2.24, 2.45) is 0 Å². The van der Waals surface area contributed by atoms with Crippen LogP contribution in [0, 0.1) is 17.5 Å². The van der Waals surface area contributed by atoms with Crippen LogP contribution in [0.3, 0.4) is 0 Å². The average Bonchev–Trinajstić information content (AvgIpc) is 2.82. The lowest BCUT2D eigenvalue weighted by Crippen LogP contribution is -2.19. The number of carbonyl (C=O) groups is 1. The lowest BCUT2D eigenvalue weighted by atomic mass is 10.2. The Morgan fingerprint density at radius 1 is 0.882 bits per heavy atom. The molecule has 2 amide bonds. The van der Waals surface area contributed by atoms with Crippen molar-refractivity contribution in [3.63, 3.8) is 0 Å². The highest BCUT2D eigenvalue weighted by molar-refractivity contribution is 5.99. The minimum Gasteiger partial charge on any atom is -0.454 e. The number of hydrogen-bond acceptors (Lipinski definition) is 6. The molecule has 0 saturated carbocycles. The molecule has 34 heavy (non-hydrogen) atoms. The quantitative estimate of drug-likeness (QED) is 0.307. The molecule has 0 fully saturated rings.